The molecule has 5 unspecified atom stereocenters. The molecule has 0 amide bonds. The minimum absolute atomic E-state index is 0.0719. The lowest BCUT2D eigenvalue weighted by Gasteiger charge is -2.22. The molecule has 3 rings (SSSR count). The molecule has 25 heavy (non-hydrogen) atoms. The predicted octanol–water partition coefficient (Wildman–Crippen LogP) is -1.83. The largest absolute Gasteiger partial charge is 0.691 e. The quantitative estimate of drug-likeness (QED) is 0.154. The molecule has 3 heterocycles. The van der Waals surface area contributed by atoms with Crippen LogP contribution < -0.4 is 5.26 Å². The first-order valence-corrected chi connectivity index (χ1v) is 8.83. The van der Waals surface area contributed by atoms with Crippen molar-refractivity contribution < 1.29 is 59.8 Å². The molecule has 11 nitrogen and oxygen atoms in total. The summed E-state index contributed by atoms with van der Waals surface area (Å²) in [5, 5.41) is 7.01. The van der Waals surface area contributed by atoms with Crippen molar-refractivity contribution in [3.8, 4) is 0 Å². The van der Waals surface area contributed by atoms with Gasteiger partial charge in [0.05, 0.1) is 6.10 Å². The molecule has 0 spiro atoms. The van der Waals surface area contributed by atoms with Gasteiger partial charge in [-0.25, -0.2) is 9.59 Å². The van der Waals surface area contributed by atoms with Crippen LogP contribution >= 0.6 is 12.0 Å². The molecule has 0 radical (unpaired) electrons. The zero-order valence-electron chi connectivity index (χ0n) is 11.9. The van der Waals surface area contributed by atoms with Crippen LogP contribution in [-0.2, 0) is 47.5 Å². The van der Waals surface area contributed by atoms with Gasteiger partial charge in [0.2, 0.25) is 0 Å². The SMILES string of the molecule is O=C(COC(=O)C(F)(F)SOO[O-])OC1C2CC3C(O2)C1OS3(=O)=O. The Morgan fingerprint density at radius 3 is 2.72 bits per heavy atom. The maximum atomic E-state index is 13.1. The van der Waals surface area contributed by atoms with Crippen molar-refractivity contribution in [3.05, 3.63) is 0 Å². The summed E-state index contributed by atoms with van der Waals surface area (Å²) in [6.45, 7) is -1.18. The number of halogens is 2. The van der Waals surface area contributed by atoms with E-state index in [-0.39, 0.29) is 6.42 Å². The number of esters is 2. The van der Waals surface area contributed by atoms with E-state index >= 15 is 0 Å². The van der Waals surface area contributed by atoms with Crippen molar-refractivity contribution in [2.45, 2.75) is 41.3 Å². The summed E-state index contributed by atoms with van der Waals surface area (Å²) in [6.07, 6.45) is -3.48. The summed E-state index contributed by atoms with van der Waals surface area (Å²) in [5.41, 5.74) is 0. The van der Waals surface area contributed by atoms with Crippen LogP contribution in [0.5, 0.6) is 0 Å². The van der Waals surface area contributed by atoms with E-state index in [1.165, 1.54) is 0 Å². The van der Waals surface area contributed by atoms with Crippen LogP contribution in [0.15, 0.2) is 0 Å². The molecule has 2 bridgehead atoms. The summed E-state index contributed by atoms with van der Waals surface area (Å²) >= 11 is -0.911. The number of alkyl halides is 2. The van der Waals surface area contributed by atoms with Gasteiger partial charge in [-0.1, -0.05) is 0 Å². The van der Waals surface area contributed by atoms with Crippen LogP contribution in [-0.4, -0.2) is 61.9 Å². The van der Waals surface area contributed by atoms with Gasteiger partial charge in [0.25, 0.3) is 10.1 Å². The summed E-state index contributed by atoms with van der Waals surface area (Å²) in [7, 11) is -3.81. The normalized spacial score (nSPS) is 34.9. The lowest BCUT2D eigenvalue weighted by Crippen LogP contribution is -2.42. The lowest BCUT2D eigenvalue weighted by atomic mass is 9.94. The second-order valence-electron chi connectivity index (χ2n) is 5.23. The standard InChI is InChI=1S/C10H10F2O11S2/c11-10(12,24-23-22-15)9(14)18-2-5(13)20-6-3-1-4-7(19-3)8(6)21-25(4,16)17/h3-4,6-8,15H,1-2H2/p-1. The minimum Gasteiger partial charge on any atom is -0.691 e. The van der Waals surface area contributed by atoms with E-state index < -0.39 is 75.6 Å². The Labute approximate surface area is 142 Å². The zero-order chi connectivity index (χ0) is 18.4. The number of ether oxygens (including phenoxy) is 3. The molecule has 0 aromatic carbocycles. The van der Waals surface area contributed by atoms with E-state index in [9.17, 15) is 32.0 Å². The van der Waals surface area contributed by atoms with Gasteiger partial charge in [-0.3, -0.25) is 9.22 Å². The first-order valence-electron chi connectivity index (χ1n) is 6.62. The number of fused-ring (bicyclic) bond motifs is 1. The second-order valence-corrected chi connectivity index (χ2v) is 7.83. The van der Waals surface area contributed by atoms with Crippen molar-refractivity contribution in [2.24, 2.45) is 0 Å². The van der Waals surface area contributed by atoms with Crippen molar-refractivity contribution in [1.82, 2.24) is 0 Å². The molecule has 3 aliphatic rings. The van der Waals surface area contributed by atoms with Crippen LogP contribution in [0.1, 0.15) is 6.42 Å². The maximum absolute atomic E-state index is 13.1. The van der Waals surface area contributed by atoms with E-state index in [2.05, 4.69) is 14.1 Å². The van der Waals surface area contributed by atoms with Crippen molar-refractivity contribution in [1.29, 1.82) is 0 Å². The van der Waals surface area contributed by atoms with E-state index in [0.717, 1.165) is 0 Å². The van der Waals surface area contributed by atoms with Crippen molar-refractivity contribution >= 4 is 34.1 Å². The van der Waals surface area contributed by atoms with E-state index in [1.807, 2.05) is 0 Å². The fourth-order valence-corrected chi connectivity index (χ4v) is 4.74. The zero-order valence-corrected chi connectivity index (χ0v) is 13.5. The van der Waals surface area contributed by atoms with Crippen LogP contribution in [0.4, 0.5) is 8.78 Å². The number of carbonyl (C=O) groups excluding carboxylic acids is 2. The van der Waals surface area contributed by atoms with Gasteiger partial charge in [-0.15, -0.1) is 0 Å². The fourth-order valence-electron chi connectivity index (χ4n) is 2.85. The van der Waals surface area contributed by atoms with Crippen LogP contribution in [0.3, 0.4) is 0 Å². The molecular formula is C10H9F2O11S2-. The molecule has 0 aromatic rings. The Morgan fingerprint density at radius 1 is 1.32 bits per heavy atom. The van der Waals surface area contributed by atoms with Gasteiger partial charge < -0.3 is 19.5 Å². The van der Waals surface area contributed by atoms with E-state index in [1.54, 1.807) is 0 Å². The fraction of sp³-hybridized carbons (Fsp3) is 0.800. The molecule has 3 fully saturated rings. The molecule has 5 atom stereocenters. The highest BCUT2D eigenvalue weighted by Crippen LogP contribution is 2.47. The van der Waals surface area contributed by atoms with E-state index in [0.29, 0.717) is 0 Å². The van der Waals surface area contributed by atoms with Gasteiger partial charge in [0, 0.05) is 0 Å². The smallest absolute Gasteiger partial charge is 0.415 e. The Balaban J connectivity index is 1.50. The highest BCUT2D eigenvalue weighted by molar-refractivity contribution is 7.96. The number of hydrogen-bond donors (Lipinski definition) is 0. The van der Waals surface area contributed by atoms with Crippen molar-refractivity contribution in [3.63, 3.8) is 0 Å². The Hall–Kier alpha value is -1.10. The highest BCUT2D eigenvalue weighted by Gasteiger charge is 2.67. The Morgan fingerprint density at radius 2 is 2.04 bits per heavy atom. The molecule has 3 saturated heterocycles. The molecule has 0 saturated carbocycles. The number of hydrogen-bond acceptors (Lipinski definition) is 12. The number of rotatable bonds is 7. The lowest BCUT2D eigenvalue weighted by molar-refractivity contribution is -0.777. The molecule has 3 aliphatic heterocycles. The second kappa shape index (κ2) is 6.57. The topological polar surface area (TPSA) is 147 Å². The van der Waals surface area contributed by atoms with Crippen LogP contribution in [0, 0.1) is 0 Å². The van der Waals surface area contributed by atoms with Gasteiger partial charge in [0.15, 0.2) is 12.7 Å². The summed E-state index contributed by atoms with van der Waals surface area (Å²) in [4.78, 5) is 22.7. The van der Waals surface area contributed by atoms with Gasteiger partial charge in [-0.2, -0.15) is 21.5 Å². The minimum atomic E-state index is -4.30. The Bertz CT molecular complexity index is 668. The van der Waals surface area contributed by atoms with Gasteiger partial charge in [0.1, 0.15) is 29.5 Å². The molecule has 15 heteroatoms. The first kappa shape index (κ1) is 18.7. The molecule has 0 aliphatic carbocycles. The summed E-state index contributed by atoms with van der Waals surface area (Å²) < 4.78 is 72.0. The summed E-state index contributed by atoms with van der Waals surface area (Å²) in [5.74, 6) is -3.38. The van der Waals surface area contributed by atoms with Crippen LogP contribution in [0.2, 0.25) is 0 Å². The van der Waals surface area contributed by atoms with Crippen LogP contribution in [0.25, 0.3) is 0 Å². The number of carbonyl (C=O) groups is 2. The van der Waals surface area contributed by atoms with Gasteiger partial charge in [-0.05, 0) is 6.42 Å². The summed E-state index contributed by atoms with van der Waals surface area (Å²) in [6, 6.07) is 0. The van der Waals surface area contributed by atoms with E-state index in [4.69, 9.17) is 13.7 Å². The Kier molecular flexibility index (Phi) is 4.91. The first-order chi connectivity index (χ1) is 11.7. The van der Waals surface area contributed by atoms with Gasteiger partial charge >= 0.3 is 17.2 Å². The average molecular weight is 407 g/mol. The third kappa shape index (κ3) is 3.44. The average Bonchev–Trinajstić information content (AvgIpc) is 3.15. The molecule has 142 valence electrons. The monoisotopic (exact) mass is 407 g/mol. The predicted molar refractivity (Wildman–Crippen MR) is 66.4 cm³/mol. The maximum Gasteiger partial charge on any atom is 0.415 e. The highest BCUT2D eigenvalue weighted by atomic mass is 32.2. The molecular weight excluding hydrogens is 398 g/mol. The van der Waals surface area contributed by atoms with Crippen molar-refractivity contribution in [2.75, 3.05) is 6.61 Å². The third-order valence-corrected chi connectivity index (χ3v) is 5.98. The molecule has 0 aromatic heterocycles. The molecule has 0 N–H and O–H groups in total. The third-order valence-electron chi connectivity index (χ3n) is 3.79.